The normalized spacial score (nSPS) is 19.0. The lowest BCUT2D eigenvalue weighted by Gasteiger charge is -2.38. The Morgan fingerprint density at radius 3 is 2.36 bits per heavy atom. The Kier molecular flexibility index (Phi) is 6.85. The van der Waals surface area contributed by atoms with Crippen LogP contribution in [0.1, 0.15) is 58.8 Å². The fourth-order valence-electron chi connectivity index (χ4n) is 5.59. The Morgan fingerprint density at radius 1 is 0.897 bits per heavy atom. The lowest BCUT2D eigenvalue weighted by atomic mass is 9.87. The molecule has 3 aliphatic rings. The van der Waals surface area contributed by atoms with Crippen LogP contribution in [0.2, 0.25) is 0 Å². The molecule has 2 fully saturated rings. The largest absolute Gasteiger partial charge is 0.486 e. The van der Waals surface area contributed by atoms with Gasteiger partial charge < -0.3 is 23.9 Å². The van der Waals surface area contributed by atoms with Crippen molar-refractivity contribution in [2.45, 2.75) is 38.8 Å². The summed E-state index contributed by atoms with van der Waals surface area (Å²) >= 11 is 0. The van der Waals surface area contributed by atoms with Gasteiger partial charge in [-0.1, -0.05) is 36.4 Å². The van der Waals surface area contributed by atoms with Gasteiger partial charge in [-0.05, 0) is 60.2 Å². The zero-order valence-electron chi connectivity index (χ0n) is 22.2. The lowest BCUT2D eigenvalue weighted by Crippen LogP contribution is -2.50. The maximum atomic E-state index is 13.2. The summed E-state index contributed by atoms with van der Waals surface area (Å²) in [6, 6.07) is 19.6. The molecule has 1 aromatic heterocycles. The third-order valence-electron chi connectivity index (χ3n) is 7.94. The van der Waals surface area contributed by atoms with E-state index in [0.717, 1.165) is 36.9 Å². The minimum absolute atomic E-state index is 0.0269. The average molecular weight is 528 g/mol. The standard InChI is InChI=1S/C31H33N3O5/c1-21(35)32-15-17-33(18-16-32)31(37)28-12-11-26(39-28)20-38-25-10-9-22-13-14-34(30(36)24-7-8-24)29(27(22)19-25)23-5-3-2-4-6-23/h2-6,9-12,19,24,29H,7-8,13-18,20H2,1H3. The van der Waals surface area contributed by atoms with Gasteiger partial charge in [-0.15, -0.1) is 0 Å². The average Bonchev–Trinajstić information content (AvgIpc) is 3.72. The van der Waals surface area contributed by atoms with E-state index in [4.69, 9.17) is 9.15 Å². The van der Waals surface area contributed by atoms with Crippen LogP contribution in [-0.4, -0.2) is 65.1 Å². The van der Waals surface area contributed by atoms with Gasteiger partial charge in [-0.2, -0.15) is 0 Å². The highest BCUT2D eigenvalue weighted by Crippen LogP contribution is 2.41. The van der Waals surface area contributed by atoms with Crippen molar-refractivity contribution in [2.24, 2.45) is 5.92 Å². The van der Waals surface area contributed by atoms with Crippen LogP contribution in [0, 0.1) is 5.92 Å². The first-order valence-corrected chi connectivity index (χ1v) is 13.7. The Morgan fingerprint density at radius 2 is 1.64 bits per heavy atom. The summed E-state index contributed by atoms with van der Waals surface area (Å²) in [5.74, 6) is 1.78. The fraction of sp³-hybridized carbons (Fsp3) is 0.387. The van der Waals surface area contributed by atoms with E-state index in [-0.39, 0.29) is 42.0 Å². The van der Waals surface area contributed by atoms with Crippen LogP contribution in [0.3, 0.4) is 0 Å². The monoisotopic (exact) mass is 527 g/mol. The molecule has 8 heteroatoms. The first-order chi connectivity index (χ1) is 19.0. The summed E-state index contributed by atoms with van der Waals surface area (Å²) in [5, 5.41) is 0. The molecule has 1 saturated heterocycles. The summed E-state index contributed by atoms with van der Waals surface area (Å²) < 4.78 is 11.9. The summed E-state index contributed by atoms with van der Waals surface area (Å²) in [5.41, 5.74) is 3.42. The maximum Gasteiger partial charge on any atom is 0.289 e. The molecule has 3 aromatic rings. The number of carbonyl (C=O) groups is 3. The molecule has 3 heterocycles. The molecule has 0 N–H and O–H groups in total. The van der Waals surface area contributed by atoms with Gasteiger partial charge in [0.15, 0.2) is 5.76 Å². The van der Waals surface area contributed by atoms with Crippen LogP contribution in [0.25, 0.3) is 0 Å². The number of furan rings is 1. The predicted molar refractivity (Wildman–Crippen MR) is 144 cm³/mol. The number of benzene rings is 2. The van der Waals surface area contributed by atoms with Gasteiger partial charge in [-0.3, -0.25) is 14.4 Å². The number of amides is 3. The van der Waals surface area contributed by atoms with Crippen molar-refractivity contribution < 1.29 is 23.5 Å². The molecule has 1 aliphatic carbocycles. The number of piperazine rings is 1. The molecule has 3 amide bonds. The molecule has 0 radical (unpaired) electrons. The van der Waals surface area contributed by atoms with E-state index >= 15 is 0 Å². The summed E-state index contributed by atoms with van der Waals surface area (Å²) in [6.45, 7) is 4.49. The van der Waals surface area contributed by atoms with Crippen LogP contribution < -0.4 is 4.74 Å². The van der Waals surface area contributed by atoms with Gasteiger partial charge in [0.25, 0.3) is 5.91 Å². The lowest BCUT2D eigenvalue weighted by molar-refractivity contribution is -0.134. The summed E-state index contributed by atoms with van der Waals surface area (Å²) in [7, 11) is 0. The molecule has 1 atom stereocenters. The zero-order valence-corrected chi connectivity index (χ0v) is 22.2. The fourth-order valence-corrected chi connectivity index (χ4v) is 5.59. The number of carbonyl (C=O) groups excluding carboxylic acids is 3. The van der Waals surface area contributed by atoms with Crippen LogP contribution in [0.15, 0.2) is 65.1 Å². The number of fused-ring (bicyclic) bond motifs is 1. The first-order valence-electron chi connectivity index (χ1n) is 13.7. The van der Waals surface area contributed by atoms with E-state index in [1.54, 1.807) is 28.9 Å². The summed E-state index contributed by atoms with van der Waals surface area (Å²) in [6.07, 6.45) is 2.78. The highest BCUT2D eigenvalue weighted by Gasteiger charge is 2.39. The molecule has 1 saturated carbocycles. The molecule has 8 nitrogen and oxygen atoms in total. The van der Waals surface area contributed by atoms with Gasteiger partial charge in [0.2, 0.25) is 11.8 Å². The Bertz CT molecular complexity index is 1370. The zero-order chi connectivity index (χ0) is 26.9. The predicted octanol–water partition coefficient (Wildman–Crippen LogP) is 4.05. The van der Waals surface area contributed by atoms with Crippen molar-refractivity contribution in [3.05, 3.63) is 88.9 Å². The SMILES string of the molecule is CC(=O)N1CCN(C(=O)c2ccc(COc3ccc4c(c3)C(c3ccccc3)N(C(=O)C3CC3)CC4)o2)CC1. The first kappa shape index (κ1) is 25.2. The van der Waals surface area contributed by atoms with E-state index in [2.05, 4.69) is 18.2 Å². The van der Waals surface area contributed by atoms with Crippen molar-refractivity contribution >= 4 is 17.7 Å². The number of rotatable bonds is 6. The van der Waals surface area contributed by atoms with Crippen molar-refractivity contribution in [3.8, 4) is 5.75 Å². The maximum absolute atomic E-state index is 13.2. The van der Waals surface area contributed by atoms with Gasteiger partial charge in [0.05, 0.1) is 6.04 Å². The molecule has 1 unspecified atom stereocenters. The smallest absolute Gasteiger partial charge is 0.289 e. The quantitative estimate of drug-likeness (QED) is 0.483. The van der Waals surface area contributed by atoms with Crippen molar-refractivity contribution in [2.75, 3.05) is 32.7 Å². The van der Waals surface area contributed by atoms with Crippen molar-refractivity contribution in [3.63, 3.8) is 0 Å². The Balaban J connectivity index is 1.15. The number of nitrogens with zero attached hydrogens (tertiary/aromatic N) is 3. The van der Waals surface area contributed by atoms with Gasteiger partial charge in [0.1, 0.15) is 18.1 Å². The molecule has 2 aromatic carbocycles. The van der Waals surface area contributed by atoms with Crippen LogP contribution in [0.5, 0.6) is 5.75 Å². The number of hydrogen-bond acceptors (Lipinski definition) is 5. The highest BCUT2D eigenvalue weighted by molar-refractivity contribution is 5.91. The topological polar surface area (TPSA) is 83.3 Å². The van der Waals surface area contributed by atoms with Gasteiger partial charge in [0, 0.05) is 45.6 Å². The number of hydrogen-bond donors (Lipinski definition) is 0. The molecule has 39 heavy (non-hydrogen) atoms. The Hall–Kier alpha value is -4.07. The number of ether oxygens (including phenoxy) is 1. The van der Waals surface area contributed by atoms with E-state index in [1.165, 1.54) is 5.56 Å². The minimum atomic E-state index is -0.177. The van der Waals surface area contributed by atoms with E-state index in [9.17, 15) is 14.4 Å². The summed E-state index contributed by atoms with van der Waals surface area (Å²) in [4.78, 5) is 43.1. The molecule has 6 rings (SSSR count). The minimum Gasteiger partial charge on any atom is -0.486 e. The van der Waals surface area contributed by atoms with E-state index in [1.807, 2.05) is 35.2 Å². The molecule has 2 aliphatic heterocycles. The van der Waals surface area contributed by atoms with E-state index in [0.29, 0.717) is 37.7 Å². The third kappa shape index (κ3) is 5.28. The molecular weight excluding hydrogens is 494 g/mol. The Labute approximate surface area is 228 Å². The second-order valence-electron chi connectivity index (χ2n) is 10.6. The molecule has 0 bridgehead atoms. The third-order valence-corrected chi connectivity index (χ3v) is 7.94. The van der Waals surface area contributed by atoms with Crippen LogP contribution in [-0.2, 0) is 22.6 Å². The van der Waals surface area contributed by atoms with Crippen LogP contribution >= 0.6 is 0 Å². The van der Waals surface area contributed by atoms with Gasteiger partial charge >= 0.3 is 0 Å². The molecule has 0 spiro atoms. The highest BCUT2D eigenvalue weighted by atomic mass is 16.5. The van der Waals surface area contributed by atoms with Crippen molar-refractivity contribution in [1.29, 1.82) is 0 Å². The molecular formula is C31H33N3O5. The second kappa shape index (κ2) is 10.6. The molecule has 202 valence electrons. The van der Waals surface area contributed by atoms with E-state index < -0.39 is 0 Å². The van der Waals surface area contributed by atoms with Crippen molar-refractivity contribution in [1.82, 2.24) is 14.7 Å². The van der Waals surface area contributed by atoms with Crippen LogP contribution in [0.4, 0.5) is 0 Å². The van der Waals surface area contributed by atoms with Gasteiger partial charge in [-0.25, -0.2) is 0 Å². The second-order valence-corrected chi connectivity index (χ2v) is 10.6.